The first-order valence-corrected chi connectivity index (χ1v) is 10.5. The minimum atomic E-state index is -3.42. The maximum absolute atomic E-state index is 11.0. The number of nitrogens with two attached hydrogens (primary N) is 1. The van der Waals surface area contributed by atoms with E-state index in [0.29, 0.717) is 0 Å². The zero-order chi connectivity index (χ0) is 20.3. The number of nitrogens with one attached hydrogen (secondary N) is 3. The number of hydrogen-bond acceptors (Lipinski definition) is 10. The average Bonchev–Trinajstić information content (AvgIpc) is 2.49. The third kappa shape index (κ3) is 14.7. The second-order valence-corrected chi connectivity index (χ2v) is 8.28. The second-order valence-electron chi connectivity index (χ2n) is 4.72. The molecule has 14 heteroatoms. The van der Waals surface area contributed by atoms with Gasteiger partial charge in [-0.2, -0.15) is 9.44 Å². The van der Waals surface area contributed by atoms with Crippen molar-refractivity contribution in [2.75, 3.05) is 46.9 Å². The zero-order valence-corrected chi connectivity index (χ0v) is 16.4. The maximum Gasteiger partial charge on any atom is 0.325 e. The first-order valence-electron chi connectivity index (χ1n) is 6.76. The molecule has 0 amide bonds. The molecule has 0 bridgehead atoms. The molecule has 0 saturated carbocycles. The minimum Gasteiger partial charge on any atom is -0.468 e. The molecule has 0 radical (unpaired) electrons. The van der Waals surface area contributed by atoms with Crippen molar-refractivity contribution in [1.29, 1.82) is 0 Å². The van der Waals surface area contributed by atoms with Gasteiger partial charge in [0.2, 0.25) is 20.0 Å². The van der Waals surface area contributed by atoms with Gasteiger partial charge < -0.3 is 20.5 Å². The predicted molar refractivity (Wildman–Crippen MR) is 90.5 cm³/mol. The summed E-state index contributed by atoms with van der Waals surface area (Å²) in [5.41, 5.74) is 5.13. The molecule has 0 aromatic heterocycles. The number of ether oxygens (including phenoxy) is 2. The lowest BCUT2D eigenvalue weighted by Gasteiger charge is -2.13. The summed E-state index contributed by atoms with van der Waals surface area (Å²) in [6.45, 7) is 0.0689. The molecule has 0 aliphatic heterocycles. The number of methoxy groups -OCH3 is 2. The Bertz CT molecular complexity index is 620. The van der Waals surface area contributed by atoms with Gasteiger partial charge in [-0.15, -0.1) is 0 Å². The Balaban J connectivity index is 0. The standard InChI is InChI=1S/C6H14N2O4S.C5H12N2O4S/c1-7-4-5(6(9)12-2)8-13(3,10)11;1-11-5(8)4(3-6)7-12(2,9)10/h5,7-8H,4H2,1-3H3;4,7H,3,6H2,1-2H3. The predicted octanol–water partition coefficient (Wildman–Crippen LogP) is -3.67. The number of carbonyl (C=O) groups excluding carboxylic acids is 2. The molecule has 0 aliphatic rings. The van der Waals surface area contributed by atoms with Crippen LogP contribution in [0.15, 0.2) is 0 Å². The summed E-state index contributed by atoms with van der Waals surface area (Å²) < 4.78 is 55.8. The molecule has 0 aromatic rings. The molecule has 0 rings (SSSR count). The molecule has 0 spiro atoms. The van der Waals surface area contributed by atoms with Crippen LogP contribution < -0.4 is 20.5 Å². The second kappa shape index (κ2) is 12.1. The summed E-state index contributed by atoms with van der Waals surface area (Å²) >= 11 is 0. The van der Waals surface area contributed by atoms with Gasteiger partial charge in [-0.25, -0.2) is 16.8 Å². The monoisotopic (exact) mass is 406 g/mol. The SMILES string of the molecule is CNCC(NS(C)(=O)=O)C(=O)OC.COC(=O)C(CN)NS(C)(=O)=O. The average molecular weight is 406 g/mol. The number of carbonyl (C=O) groups is 2. The Hall–Kier alpha value is -1.32. The number of likely N-dealkylation sites (N-methyl/N-ethyl adjacent to an activating group) is 1. The minimum absolute atomic E-state index is 0.125. The van der Waals surface area contributed by atoms with E-state index < -0.39 is 44.1 Å². The molecule has 5 N–H and O–H groups in total. The van der Waals surface area contributed by atoms with Crippen molar-refractivity contribution in [3.05, 3.63) is 0 Å². The molecule has 0 fully saturated rings. The molecule has 2 atom stereocenters. The van der Waals surface area contributed by atoms with E-state index in [0.717, 1.165) is 19.6 Å². The molecule has 150 valence electrons. The van der Waals surface area contributed by atoms with Crippen molar-refractivity contribution >= 4 is 32.0 Å². The van der Waals surface area contributed by atoms with E-state index in [4.69, 9.17) is 5.73 Å². The van der Waals surface area contributed by atoms with Crippen LogP contribution in [0, 0.1) is 0 Å². The largest absolute Gasteiger partial charge is 0.468 e. The van der Waals surface area contributed by atoms with Crippen molar-refractivity contribution in [2.24, 2.45) is 5.73 Å². The number of esters is 2. The molecule has 0 aliphatic carbocycles. The number of rotatable bonds is 9. The van der Waals surface area contributed by atoms with Crippen LogP contribution in [0.2, 0.25) is 0 Å². The summed E-state index contributed by atoms with van der Waals surface area (Å²) in [6.07, 6.45) is 1.93. The van der Waals surface area contributed by atoms with Crippen molar-refractivity contribution in [3.8, 4) is 0 Å². The zero-order valence-electron chi connectivity index (χ0n) is 14.7. The van der Waals surface area contributed by atoms with Gasteiger partial charge in [0.1, 0.15) is 12.1 Å². The first-order chi connectivity index (χ1) is 11.3. The normalized spacial score (nSPS) is 13.8. The fourth-order valence-corrected chi connectivity index (χ4v) is 2.78. The Kier molecular flexibility index (Phi) is 12.5. The molecule has 12 nitrogen and oxygen atoms in total. The van der Waals surface area contributed by atoms with Crippen LogP contribution in [-0.4, -0.2) is 87.7 Å². The molecule has 0 aromatic carbocycles. The fraction of sp³-hybridized carbons (Fsp3) is 0.818. The molecule has 25 heavy (non-hydrogen) atoms. The highest BCUT2D eigenvalue weighted by Gasteiger charge is 2.21. The van der Waals surface area contributed by atoms with Gasteiger partial charge in [-0.3, -0.25) is 9.59 Å². The first kappa shape index (κ1) is 25.9. The van der Waals surface area contributed by atoms with Crippen LogP contribution in [0.5, 0.6) is 0 Å². The van der Waals surface area contributed by atoms with E-state index in [-0.39, 0.29) is 13.1 Å². The van der Waals surface area contributed by atoms with Crippen molar-refractivity contribution in [1.82, 2.24) is 14.8 Å². The lowest BCUT2D eigenvalue weighted by molar-refractivity contribution is -0.143. The van der Waals surface area contributed by atoms with E-state index in [1.54, 1.807) is 7.05 Å². The lowest BCUT2D eigenvalue weighted by Crippen LogP contribution is -2.46. The molecule has 0 heterocycles. The van der Waals surface area contributed by atoms with Crippen LogP contribution in [0.3, 0.4) is 0 Å². The Labute approximate surface area is 147 Å². The van der Waals surface area contributed by atoms with Gasteiger partial charge in [-0.1, -0.05) is 0 Å². The van der Waals surface area contributed by atoms with Crippen LogP contribution >= 0.6 is 0 Å². The topological polar surface area (TPSA) is 183 Å². The summed E-state index contributed by atoms with van der Waals surface area (Å²) in [7, 11) is -2.84. The Morgan fingerprint density at radius 1 is 0.920 bits per heavy atom. The van der Waals surface area contributed by atoms with E-state index in [9.17, 15) is 26.4 Å². The van der Waals surface area contributed by atoms with Gasteiger partial charge in [0.15, 0.2) is 0 Å². The third-order valence-corrected chi connectivity index (χ3v) is 3.75. The molecule has 2 unspecified atom stereocenters. The summed E-state index contributed by atoms with van der Waals surface area (Å²) in [6, 6.07) is -1.87. The van der Waals surface area contributed by atoms with Gasteiger partial charge in [0.25, 0.3) is 0 Å². The summed E-state index contributed by atoms with van der Waals surface area (Å²) in [5, 5.41) is 2.68. The summed E-state index contributed by atoms with van der Waals surface area (Å²) in [4.78, 5) is 21.8. The molecular weight excluding hydrogens is 380 g/mol. The smallest absolute Gasteiger partial charge is 0.325 e. The van der Waals surface area contributed by atoms with Crippen LogP contribution in [0.1, 0.15) is 0 Å². The van der Waals surface area contributed by atoms with E-state index in [1.807, 2.05) is 4.72 Å². The van der Waals surface area contributed by atoms with E-state index in [2.05, 4.69) is 19.5 Å². The van der Waals surface area contributed by atoms with Crippen LogP contribution in [0.25, 0.3) is 0 Å². The van der Waals surface area contributed by atoms with Gasteiger partial charge in [0, 0.05) is 13.1 Å². The summed E-state index contributed by atoms with van der Waals surface area (Å²) in [5.74, 6) is -1.30. The lowest BCUT2D eigenvalue weighted by atomic mass is 10.3. The molecular formula is C11H26N4O8S2. The molecule has 0 saturated heterocycles. The van der Waals surface area contributed by atoms with E-state index in [1.165, 1.54) is 7.11 Å². The van der Waals surface area contributed by atoms with Crippen molar-refractivity contribution in [2.45, 2.75) is 12.1 Å². The number of sulfonamides is 2. The third-order valence-electron chi connectivity index (χ3n) is 2.33. The van der Waals surface area contributed by atoms with E-state index >= 15 is 0 Å². The highest BCUT2D eigenvalue weighted by Crippen LogP contribution is 1.89. The van der Waals surface area contributed by atoms with Crippen molar-refractivity contribution in [3.63, 3.8) is 0 Å². The fourth-order valence-electron chi connectivity index (χ4n) is 1.37. The van der Waals surface area contributed by atoms with Crippen LogP contribution in [-0.2, 0) is 39.1 Å². The van der Waals surface area contributed by atoms with Gasteiger partial charge >= 0.3 is 11.9 Å². The quantitative estimate of drug-likeness (QED) is 0.278. The van der Waals surface area contributed by atoms with Crippen LogP contribution in [0.4, 0.5) is 0 Å². The Morgan fingerprint density at radius 2 is 1.28 bits per heavy atom. The van der Waals surface area contributed by atoms with Gasteiger partial charge in [0.05, 0.1) is 26.7 Å². The highest BCUT2D eigenvalue weighted by atomic mass is 32.2. The van der Waals surface area contributed by atoms with Crippen molar-refractivity contribution < 1.29 is 35.9 Å². The maximum atomic E-state index is 11.0. The Morgan fingerprint density at radius 3 is 1.56 bits per heavy atom. The highest BCUT2D eigenvalue weighted by molar-refractivity contribution is 7.89. The van der Waals surface area contributed by atoms with Gasteiger partial charge in [-0.05, 0) is 7.05 Å². The number of hydrogen-bond donors (Lipinski definition) is 4.